The smallest absolute Gasteiger partial charge is 0.274 e. The summed E-state index contributed by atoms with van der Waals surface area (Å²) in [7, 11) is 0. The number of nitrogens with one attached hydrogen (secondary N) is 1. The molecule has 1 atom stereocenters. The van der Waals surface area contributed by atoms with Gasteiger partial charge in [0, 0.05) is 6.20 Å². The van der Waals surface area contributed by atoms with Gasteiger partial charge in [0.15, 0.2) is 16.7 Å². The molecular weight excluding hydrogens is 348 g/mol. The maximum atomic E-state index is 12.4. The van der Waals surface area contributed by atoms with Gasteiger partial charge in [-0.05, 0) is 12.1 Å². The van der Waals surface area contributed by atoms with E-state index in [0.717, 1.165) is 4.80 Å². The van der Waals surface area contributed by atoms with Gasteiger partial charge >= 0.3 is 0 Å². The van der Waals surface area contributed by atoms with Gasteiger partial charge in [0.25, 0.3) is 5.91 Å². The lowest BCUT2D eigenvalue weighted by Gasteiger charge is -2.16. The SMILES string of the molecule is Nc1nc(-n2nccn2)c(Cl)nc1C(=O)NC(CO)c1ccccn1. The minimum absolute atomic E-state index is 0.0889. The van der Waals surface area contributed by atoms with Gasteiger partial charge in [0.2, 0.25) is 5.82 Å². The summed E-state index contributed by atoms with van der Waals surface area (Å²) >= 11 is 6.05. The second kappa shape index (κ2) is 7.20. The van der Waals surface area contributed by atoms with Crippen LogP contribution in [0.1, 0.15) is 22.2 Å². The molecule has 0 aliphatic heterocycles. The van der Waals surface area contributed by atoms with Crippen molar-refractivity contribution in [2.45, 2.75) is 6.04 Å². The molecule has 10 nitrogen and oxygen atoms in total. The molecule has 4 N–H and O–H groups in total. The number of carbonyl (C=O) groups is 1. The molecule has 3 rings (SSSR count). The van der Waals surface area contributed by atoms with E-state index in [0.29, 0.717) is 5.69 Å². The minimum Gasteiger partial charge on any atom is -0.394 e. The van der Waals surface area contributed by atoms with Crippen LogP contribution in [0.3, 0.4) is 0 Å². The Balaban J connectivity index is 1.86. The summed E-state index contributed by atoms with van der Waals surface area (Å²) in [4.78, 5) is 25.7. The van der Waals surface area contributed by atoms with Crippen LogP contribution in [0.2, 0.25) is 5.15 Å². The molecule has 0 fully saturated rings. The first kappa shape index (κ1) is 16.7. The highest BCUT2D eigenvalue weighted by atomic mass is 35.5. The van der Waals surface area contributed by atoms with Crippen molar-refractivity contribution < 1.29 is 9.90 Å². The normalized spacial score (nSPS) is 11.9. The molecule has 0 aliphatic rings. The number of halogens is 1. The van der Waals surface area contributed by atoms with Crippen molar-refractivity contribution in [3.63, 3.8) is 0 Å². The molecule has 3 heterocycles. The predicted octanol–water partition coefficient (Wildman–Crippen LogP) is 0.151. The van der Waals surface area contributed by atoms with E-state index in [2.05, 4.69) is 30.5 Å². The van der Waals surface area contributed by atoms with Gasteiger partial charge < -0.3 is 16.2 Å². The molecular formula is C14H13ClN8O2. The Kier molecular flexibility index (Phi) is 4.82. The van der Waals surface area contributed by atoms with E-state index in [1.807, 2.05) is 0 Å². The van der Waals surface area contributed by atoms with Crippen molar-refractivity contribution in [2.24, 2.45) is 0 Å². The van der Waals surface area contributed by atoms with Crippen LogP contribution in [-0.4, -0.2) is 47.6 Å². The van der Waals surface area contributed by atoms with E-state index < -0.39 is 11.9 Å². The zero-order valence-corrected chi connectivity index (χ0v) is 13.5. The van der Waals surface area contributed by atoms with Crippen molar-refractivity contribution in [1.82, 2.24) is 35.3 Å². The Labute approximate surface area is 146 Å². The molecule has 1 amide bonds. The van der Waals surface area contributed by atoms with E-state index in [1.165, 1.54) is 12.4 Å². The van der Waals surface area contributed by atoms with Gasteiger partial charge in [-0.15, -0.1) is 4.80 Å². The van der Waals surface area contributed by atoms with Gasteiger partial charge in [-0.1, -0.05) is 17.7 Å². The molecule has 0 saturated heterocycles. The number of aliphatic hydroxyl groups excluding tert-OH is 1. The van der Waals surface area contributed by atoms with Crippen LogP contribution < -0.4 is 11.1 Å². The molecule has 0 spiro atoms. The van der Waals surface area contributed by atoms with Crippen LogP contribution in [-0.2, 0) is 0 Å². The number of pyridine rings is 1. The number of nitrogen functional groups attached to an aromatic ring is 1. The molecule has 0 aromatic carbocycles. The molecule has 0 saturated carbocycles. The number of hydrogen-bond donors (Lipinski definition) is 3. The van der Waals surface area contributed by atoms with Crippen LogP contribution in [0.25, 0.3) is 5.82 Å². The summed E-state index contributed by atoms with van der Waals surface area (Å²) in [5.41, 5.74) is 6.14. The third-order valence-electron chi connectivity index (χ3n) is 3.22. The number of anilines is 1. The lowest BCUT2D eigenvalue weighted by Crippen LogP contribution is -2.33. The molecule has 0 radical (unpaired) electrons. The fraction of sp³-hybridized carbons (Fsp3) is 0.143. The van der Waals surface area contributed by atoms with Crippen LogP contribution in [0.5, 0.6) is 0 Å². The number of aromatic nitrogens is 6. The van der Waals surface area contributed by atoms with E-state index in [4.69, 9.17) is 17.3 Å². The van der Waals surface area contributed by atoms with Crippen molar-refractivity contribution in [3.05, 3.63) is 53.3 Å². The monoisotopic (exact) mass is 360 g/mol. The summed E-state index contributed by atoms with van der Waals surface area (Å²) in [5, 5.41) is 19.8. The molecule has 11 heteroatoms. The number of nitrogens with two attached hydrogens (primary N) is 1. The highest BCUT2D eigenvalue weighted by Crippen LogP contribution is 2.19. The Morgan fingerprint density at radius 2 is 2.04 bits per heavy atom. The molecule has 0 bridgehead atoms. The van der Waals surface area contributed by atoms with Crippen LogP contribution >= 0.6 is 11.6 Å². The topological polar surface area (TPSA) is 145 Å². The quantitative estimate of drug-likeness (QED) is 0.583. The molecule has 3 aromatic rings. The third-order valence-corrected chi connectivity index (χ3v) is 3.47. The summed E-state index contributed by atoms with van der Waals surface area (Å²) in [6.07, 6.45) is 4.43. The van der Waals surface area contributed by atoms with E-state index >= 15 is 0 Å². The summed E-state index contributed by atoms with van der Waals surface area (Å²) in [6.45, 7) is -0.348. The third kappa shape index (κ3) is 3.54. The molecule has 1 unspecified atom stereocenters. The highest BCUT2D eigenvalue weighted by molar-refractivity contribution is 6.31. The van der Waals surface area contributed by atoms with Gasteiger partial charge in [-0.3, -0.25) is 9.78 Å². The summed E-state index contributed by atoms with van der Waals surface area (Å²) in [6, 6.07) is 4.43. The Morgan fingerprint density at radius 1 is 1.28 bits per heavy atom. The molecule has 3 aromatic heterocycles. The number of hydrogen-bond acceptors (Lipinski definition) is 8. The first-order chi connectivity index (χ1) is 12.1. The second-order valence-corrected chi connectivity index (χ2v) is 5.21. The van der Waals surface area contributed by atoms with Gasteiger partial charge in [-0.25, -0.2) is 9.97 Å². The maximum Gasteiger partial charge on any atom is 0.274 e. The lowest BCUT2D eigenvalue weighted by atomic mass is 10.2. The molecule has 0 aliphatic carbocycles. The maximum absolute atomic E-state index is 12.4. The van der Waals surface area contributed by atoms with E-state index in [1.54, 1.807) is 24.4 Å². The van der Waals surface area contributed by atoms with Crippen LogP contribution in [0.15, 0.2) is 36.8 Å². The zero-order chi connectivity index (χ0) is 17.8. The largest absolute Gasteiger partial charge is 0.394 e. The standard InChI is InChI=1S/C14H13ClN8O2/c15-11-13(23-18-5-6-19-23)22-12(16)10(21-11)14(25)20-9(7-24)8-3-1-2-4-17-8/h1-6,9,24H,7H2,(H2,16,22)(H,20,25). The van der Waals surface area contributed by atoms with E-state index in [-0.39, 0.29) is 29.1 Å². The van der Waals surface area contributed by atoms with E-state index in [9.17, 15) is 9.90 Å². The summed E-state index contributed by atoms with van der Waals surface area (Å²) < 4.78 is 0. The Morgan fingerprint density at radius 3 is 2.68 bits per heavy atom. The van der Waals surface area contributed by atoms with Crippen molar-refractivity contribution in [1.29, 1.82) is 0 Å². The fourth-order valence-electron chi connectivity index (χ4n) is 2.06. The molecule has 128 valence electrons. The lowest BCUT2D eigenvalue weighted by molar-refractivity contribution is 0.0910. The van der Waals surface area contributed by atoms with Gasteiger partial charge in [0.1, 0.15) is 0 Å². The summed E-state index contributed by atoms with van der Waals surface area (Å²) in [5.74, 6) is -0.687. The first-order valence-electron chi connectivity index (χ1n) is 7.12. The molecule has 25 heavy (non-hydrogen) atoms. The van der Waals surface area contributed by atoms with Crippen molar-refractivity contribution in [3.8, 4) is 5.82 Å². The average molecular weight is 361 g/mol. The van der Waals surface area contributed by atoms with Crippen molar-refractivity contribution >= 4 is 23.3 Å². The number of aliphatic hydroxyl groups is 1. The highest BCUT2D eigenvalue weighted by Gasteiger charge is 2.22. The van der Waals surface area contributed by atoms with Crippen LogP contribution in [0.4, 0.5) is 5.82 Å². The second-order valence-electron chi connectivity index (χ2n) is 4.85. The number of carbonyl (C=O) groups excluding carboxylic acids is 1. The van der Waals surface area contributed by atoms with Gasteiger partial charge in [0.05, 0.1) is 30.7 Å². The first-order valence-corrected chi connectivity index (χ1v) is 7.50. The number of amides is 1. The zero-order valence-electron chi connectivity index (χ0n) is 12.7. The fourth-order valence-corrected chi connectivity index (χ4v) is 2.26. The Hall–Kier alpha value is -3.11. The van der Waals surface area contributed by atoms with Crippen LogP contribution in [0, 0.1) is 0 Å². The van der Waals surface area contributed by atoms with Gasteiger partial charge in [-0.2, -0.15) is 10.2 Å². The van der Waals surface area contributed by atoms with Crippen molar-refractivity contribution in [2.75, 3.05) is 12.3 Å². The Bertz CT molecular complexity index is 872. The minimum atomic E-state index is -0.721. The number of nitrogens with zero attached hydrogens (tertiary/aromatic N) is 6. The number of rotatable bonds is 5. The average Bonchev–Trinajstić information content (AvgIpc) is 3.16. The predicted molar refractivity (Wildman–Crippen MR) is 87.9 cm³/mol.